The zero-order valence-electron chi connectivity index (χ0n) is 22.8. The van der Waals surface area contributed by atoms with E-state index in [1.807, 2.05) is 0 Å². The fourth-order valence-electron chi connectivity index (χ4n) is 8.85. The molecule has 1 aliphatic heterocycles. The molecule has 3 unspecified atom stereocenters. The predicted molar refractivity (Wildman–Crippen MR) is 134 cm³/mol. The Kier molecular flexibility index (Phi) is 5.48. The molecule has 5 aliphatic rings. The van der Waals surface area contributed by atoms with Crippen LogP contribution in [0.25, 0.3) is 0 Å². The van der Waals surface area contributed by atoms with Gasteiger partial charge in [-0.05, 0) is 87.8 Å². The number of rotatable bonds is 2. The molecule has 0 bridgehead atoms. The van der Waals surface area contributed by atoms with E-state index in [0.29, 0.717) is 17.9 Å². The van der Waals surface area contributed by atoms with Gasteiger partial charge in [0.05, 0.1) is 23.9 Å². The number of fused-ring (bicyclic) bond motifs is 8. The molecule has 0 radical (unpaired) electrons. The number of aliphatic hydroxyl groups is 1. The molecule has 190 valence electrons. The lowest BCUT2D eigenvalue weighted by atomic mass is 9.41. The number of hydrogen-bond acceptors (Lipinski definition) is 4. The first-order valence-corrected chi connectivity index (χ1v) is 16.7. The third-order valence-corrected chi connectivity index (χ3v) is 16.3. The second kappa shape index (κ2) is 7.31. The Labute approximate surface area is 203 Å². The molecular weight excluding hydrogens is 428 g/mol. The van der Waals surface area contributed by atoms with Crippen LogP contribution in [0.2, 0.25) is 18.1 Å². The number of hydrogen-bond donors (Lipinski definition) is 1. The first kappa shape index (κ1) is 24.7. The molecule has 0 spiro atoms. The Hall–Kier alpha value is 0.0569. The van der Waals surface area contributed by atoms with Crippen LogP contribution in [0, 0.1) is 28.6 Å². The van der Waals surface area contributed by atoms with Crippen LogP contribution >= 0.6 is 0 Å². The van der Waals surface area contributed by atoms with E-state index in [4.69, 9.17) is 13.9 Å². The summed E-state index contributed by atoms with van der Waals surface area (Å²) in [5, 5.41) is 12.9. The molecular formula is C28H50O4Si. The van der Waals surface area contributed by atoms with Gasteiger partial charge in [-0.3, -0.25) is 0 Å². The third kappa shape index (κ3) is 3.34. The molecule has 4 saturated carbocycles. The quantitative estimate of drug-likeness (QED) is 0.451. The van der Waals surface area contributed by atoms with Crippen molar-refractivity contribution in [1.82, 2.24) is 0 Å². The van der Waals surface area contributed by atoms with E-state index in [-0.39, 0.29) is 34.0 Å². The third-order valence-electron chi connectivity index (χ3n) is 11.8. The van der Waals surface area contributed by atoms with Gasteiger partial charge in [-0.1, -0.05) is 47.5 Å². The van der Waals surface area contributed by atoms with Crippen molar-refractivity contribution < 1.29 is 19.0 Å². The summed E-state index contributed by atoms with van der Waals surface area (Å²) in [6.07, 6.45) is 9.33. The van der Waals surface area contributed by atoms with Crippen molar-refractivity contribution >= 4 is 8.32 Å². The minimum Gasteiger partial charge on any atom is -0.413 e. The standard InChI is InChI=1S/C28H50O4Si/c1-24(2,3)33(8,9)32-20-14-13-18-21-23-22(30-25(4,5)31-23)19-12-10-11-15-27(19,7)28(21,29)17-16-26(18,20)6/h18-23,29H,10-17H2,1-9H3/t18?,19?,20-,21?,22+,23+,26-,27-,28+/m0/s1. The van der Waals surface area contributed by atoms with E-state index in [0.717, 1.165) is 38.5 Å². The highest BCUT2D eigenvalue weighted by atomic mass is 28.4. The Morgan fingerprint density at radius 1 is 0.848 bits per heavy atom. The lowest BCUT2D eigenvalue weighted by Gasteiger charge is -2.67. The highest BCUT2D eigenvalue weighted by molar-refractivity contribution is 6.74. The maximum Gasteiger partial charge on any atom is 0.192 e. The van der Waals surface area contributed by atoms with Crippen molar-refractivity contribution in [2.75, 3.05) is 0 Å². The lowest BCUT2D eigenvalue weighted by Crippen LogP contribution is -2.72. The summed E-state index contributed by atoms with van der Waals surface area (Å²) in [6.45, 7) is 20.8. The van der Waals surface area contributed by atoms with Crippen molar-refractivity contribution in [1.29, 1.82) is 0 Å². The van der Waals surface area contributed by atoms with Gasteiger partial charge in [0.2, 0.25) is 0 Å². The van der Waals surface area contributed by atoms with E-state index in [9.17, 15) is 5.11 Å². The van der Waals surface area contributed by atoms with Gasteiger partial charge in [0, 0.05) is 11.3 Å². The summed E-state index contributed by atoms with van der Waals surface area (Å²) in [5.74, 6) is 0.387. The predicted octanol–water partition coefficient (Wildman–Crippen LogP) is 6.66. The van der Waals surface area contributed by atoms with Crippen LogP contribution in [0.3, 0.4) is 0 Å². The van der Waals surface area contributed by atoms with Gasteiger partial charge < -0.3 is 19.0 Å². The normalized spacial score (nSPS) is 51.5. The number of ether oxygens (including phenoxy) is 2. The van der Waals surface area contributed by atoms with Crippen LogP contribution < -0.4 is 0 Å². The minimum absolute atomic E-state index is 0.00239. The summed E-state index contributed by atoms with van der Waals surface area (Å²) < 4.78 is 20.5. The van der Waals surface area contributed by atoms with Crippen molar-refractivity contribution in [2.45, 2.75) is 148 Å². The van der Waals surface area contributed by atoms with Gasteiger partial charge in [0.1, 0.15) is 0 Å². The average molecular weight is 479 g/mol. The van der Waals surface area contributed by atoms with Crippen LogP contribution in [-0.4, -0.2) is 43.1 Å². The van der Waals surface area contributed by atoms with Gasteiger partial charge in [-0.15, -0.1) is 0 Å². The lowest BCUT2D eigenvalue weighted by molar-refractivity contribution is -0.274. The Morgan fingerprint density at radius 3 is 2.18 bits per heavy atom. The molecule has 0 aromatic carbocycles. The molecule has 5 heteroatoms. The summed E-state index contributed by atoms with van der Waals surface area (Å²) >= 11 is 0. The molecule has 1 saturated heterocycles. The van der Waals surface area contributed by atoms with Crippen LogP contribution in [-0.2, 0) is 13.9 Å². The van der Waals surface area contributed by atoms with Gasteiger partial charge >= 0.3 is 0 Å². The second-order valence-corrected chi connectivity index (χ2v) is 19.6. The van der Waals surface area contributed by atoms with E-state index in [1.165, 1.54) is 12.8 Å². The monoisotopic (exact) mass is 478 g/mol. The summed E-state index contributed by atoms with van der Waals surface area (Å²) in [6, 6.07) is 0. The zero-order valence-corrected chi connectivity index (χ0v) is 23.8. The van der Waals surface area contributed by atoms with Gasteiger partial charge in [-0.25, -0.2) is 0 Å². The molecule has 1 N–H and O–H groups in total. The van der Waals surface area contributed by atoms with E-state index >= 15 is 0 Å². The molecule has 1 heterocycles. The van der Waals surface area contributed by atoms with Crippen LogP contribution in [0.15, 0.2) is 0 Å². The first-order valence-electron chi connectivity index (χ1n) is 13.8. The van der Waals surface area contributed by atoms with E-state index in [1.54, 1.807) is 0 Å². The van der Waals surface area contributed by atoms with Crippen molar-refractivity contribution in [3.05, 3.63) is 0 Å². The van der Waals surface area contributed by atoms with E-state index in [2.05, 4.69) is 61.6 Å². The fraction of sp³-hybridized carbons (Fsp3) is 1.00. The Balaban J connectivity index is 1.53. The molecule has 5 rings (SSSR count). The minimum atomic E-state index is -1.87. The Bertz CT molecular complexity index is 789. The average Bonchev–Trinajstić information content (AvgIpc) is 3.17. The largest absolute Gasteiger partial charge is 0.413 e. The SMILES string of the molecule is CC1(C)O[C@@H]2C3CCCC[C@]3(C)[C@@]3(O)CC[C@@]4(C)C(CC[C@@H]4O[Si](C)(C)C(C)(C)C)C3[C@H]2O1. The van der Waals surface area contributed by atoms with Gasteiger partial charge in [-0.2, -0.15) is 0 Å². The van der Waals surface area contributed by atoms with Crippen LogP contribution in [0.5, 0.6) is 0 Å². The van der Waals surface area contributed by atoms with Gasteiger partial charge in [0.15, 0.2) is 14.1 Å². The Morgan fingerprint density at radius 2 is 1.52 bits per heavy atom. The first-order chi connectivity index (χ1) is 15.1. The highest BCUT2D eigenvalue weighted by Crippen LogP contribution is 2.70. The maximum atomic E-state index is 12.7. The molecule has 0 aromatic rings. The summed E-state index contributed by atoms with van der Waals surface area (Å²) in [4.78, 5) is 0. The van der Waals surface area contributed by atoms with Crippen molar-refractivity contribution in [2.24, 2.45) is 28.6 Å². The molecule has 0 aromatic heterocycles. The summed E-state index contributed by atoms with van der Waals surface area (Å²) in [7, 11) is -1.87. The molecule has 0 amide bonds. The maximum absolute atomic E-state index is 12.7. The van der Waals surface area contributed by atoms with Crippen LogP contribution in [0.4, 0.5) is 0 Å². The summed E-state index contributed by atoms with van der Waals surface area (Å²) in [5.41, 5.74) is -0.648. The van der Waals surface area contributed by atoms with E-state index < -0.39 is 19.7 Å². The van der Waals surface area contributed by atoms with Crippen LogP contribution in [0.1, 0.15) is 99.8 Å². The smallest absolute Gasteiger partial charge is 0.192 e. The highest BCUT2D eigenvalue weighted by Gasteiger charge is 2.74. The molecule has 33 heavy (non-hydrogen) atoms. The molecule has 5 fully saturated rings. The van der Waals surface area contributed by atoms with Crippen molar-refractivity contribution in [3.63, 3.8) is 0 Å². The fourth-order valence-corrected chi connectivity index (χ4v) is 10.3. The molecule has 9 atom stereocenters. The molecule has 4 aliphatic carbocycles. The van der Waals surface area contributed by atoms with Crippen molar-refractivity contribution in [3.8, 4) is 0 Å². The topological polar surface area (TPSA) is 47.9 Å². The molecule has 4 nitrogen and oxygen atoms in total. The van der Waals surface area contributed by atoms with Gasteiger partial charge in [0.25, 0.3) is 0 Å². The second-order valence-electron chi connectivity index (χ2n) is 14.8. The zero-order chi connectivity index (χ0) is 24.2.